The molecule has 6 heteroatoms. The molecule has 142 valence electrons. The number of rotatable bonds is 7. The Kier molecular flexibility index (Phi) is 6.49. The lowest BCUT2D eigenvalue weighted by Crippen LogP contribution is -2.24. The Morgan fingerprint density at radius 3 is 2.54 bits per heavy atom. The van der Waals surface area contributed by atoms with Gasteiger partial charge in [-0.15, -0.1) is 0 Å². The van der Waals surface area contributed by atoms with Crippen LogP contribution < -0.4 is 10.6 Å². The number of nitrogens with zero attached hydrogens (tertiary/aromatic N) is 1. The Balaban J connectivity index is 1.63. The molecular weight excluding hydrogens is 354 g/mol. The van der Waals surface area contributed by atoms with Crippen LogP contribution in [0.1, 0.15) is 31.8 Å². The first-order valence-electron chi connectivity index (χ1n) is 8.82. The molecule has 0 aliphatic carbocycles. The lowest BCUT2D eigenvalue weighted by molar-refractivity contribution is 0.0945. The molecule has 2 aromatic carbocycles. The number of hydrogen-bond acceptors (Lipinski definition) is 4. The maximum Gasteiger partial charge on any atom is 0.255 e. The van der Waals surface area contributed by atoms with Crippen LogP contribution in [0.4, 0.5) is 5.69 Å². The lowest BCUT2D eigenvalue weighted by atomic mass is 10.1. The maximum absolute atomic E-state index is 12.5. The molecular formula is C22H21N3O3. The SMILES string of the molecule is COCc1ccccc1C(=O)NCc1cccc(NC(=O)c2ccncc2)c1. The molecule has 0 aliphatic rings. The van der Waals surface area contributed by atoms with Crippen molar-refractivity contribution in [3.63, 3.8) is 0 Å². The van der Waals surface area contributed by atoms with E-state index in [0.717, 1.165) is 11.1 Å². The van der Waals surface area contributed by atoms with Crippen LogP contribution in [0.25, 0.3) is 0 Å². The highest BCUT2D eigenvalue weighted by atomic mass is 16.5. The first-order chi connectivity index (χ1) is 13.7. The van der Waals surface area contributed by atoms with E-state index in [1.165, 1.54) is 0 Å². The monoisotopic (exact) mass is 375 g/mol. The van der Waals surface area contributed by atoms with E-state index in [2.05, 4.69) is 15.6 Å². The van der Waals surface area contributed by atoms with Crippen molar-refractivity contribution >= 4 is 17.5 Å². The number of anilines is 1. The number of carbonyl (C=O) groups excluding carboxylic acids is 2. The van der Waals surface area contributed by atoms with Gasteiger partial charge in [-0.2, -0.15) is 0 Å². The molecule has 0 fully saturated rings. The third-order valence-electron chi connectivity index (χ3n) is 4.14. The van der Waals surface area contributed by atoms with Crippen LogP contribution >= 0.6 is 0 Å². The van der Waals surface area contributed by atoms with Gasteiger partial charge in [-0.3, -0.25) is 14.6 Å². The molecule has 0 saturated heterocycles. The molecule has 0 spiro atoms. The molecule has 0 saturated carbocycles. The van der Waals surface area contributed by atoms with Crippen LogP contribution in [0.2, 0.25) is 0 Å². The molecule has 3 rings (SSSR count). The predicted molar refractivity (Wildman–Crippen MR) is 107 cm³/mol. The van der Waals surface area contributed by atoms with Crippen molar-refractivity contribution in [1.82, 2.24) is 10.3 Å². The van der Waals surface area contributed by atoms with Crippen LogP contribution in [0, 0.1) is 0 Å². The van der Waals surface area contributed by atoms with Gasteiger partial charge in [0.2, 0.25) is 0 Å². The van der Waals surface area contributed by atoms with E-state index in [1.54, 1.807) is 43.8 Å². The molecule has 3 aromatic rings. The van der Waals surface area contributed by atoms with Crippen LogP contribution in [-0.2, 0) is 17.9 Å². The van der Waals surface area contributed by atoms with E-state index in [4.69, 9.17) is 4.74 Å². The molecule has 0 atom stereocenters. The van der Waals surface area contributed by atoms with E-state index >= 15 is 0 Å². The minimum atomic E-state index is -0.211. The Morgan fingerprint density at radius 1 is 0.964 bits per heavy atom. The van der Waals surface area contributed by atoms with Gasteiger partial charge in [0.1, 0.15) is 0 Å². The van der Waals surface area contributed by atoms with Crippen molar-refractivity contribution < 1.29 is 14.3 Å². The van der Waals surface area contributed by atoms with Gasteiger partial charge in [-0.25, -0.2) is 0 Å². The Morgan fingerprint density at radius 2 is 1.75 bits per heavy atom. The second-order valence-corrected chi connectivity index (χ2v) is 6.16. The highest BCUT2D eigenvalue weighted by molar-refractivity contribution is 6.04. The van der Waals surface area contributed by atoms with Crippen LogP contribution in [0.15, 0.2) is 73.1 Å². The average molecular weight is 375 g/mol. The molecule has 6 nitrogen and oxygen atoms in total. The summed E-state index contributed by atoms with van der Waals surface area (Å²) in [4.78, 5) is 28.7. The third-order valence-corrected chi connectivity index (χ3v) is 4.14. The summed E-state index contributed by atoms with van der Waals surface area (Å²) in [7, 11) is 1.60. The zero-order valence-electron chi connectivity index (χ0n) is 15.5. The number of hydrogen-bond donors (Lipinski definition) is 2. The summed E-state index contributed by atoms with van der Waals surface area (Å²) < 4.78 is 5.15. The van der Waals surface area contributed by atoms with E-state index in [-0.39, 0.29) is 11.8 Å². The summed E-state index contributed by atoms with van der Waals surface area (Å²) in [5, 5.41) is 5.76. The number of benzene rings is 2. The molecule has 1 aromatic heterocycles. The van der Waals surface area contributed by atoms with Crippen molar-refractivity contribution in [2.75, 3.05) is 12.4 Å². The zero-order valence-corrected chi connectivity index (χ0v) is 15.5. The van der Waals surface area contributed by atoms with Gasteiger partial charge in [0.05, 0.1) is 6.61 Å². The minimum absolute atomic E-state index is 0.168. The Hall–Kier alpha value is -3.51. The highest BCUT2D eigenvalue weighted by Crippen LogP contribution is 2.14. The molecule has 0 aliphatic heterocycles. The zero-order chi connectivity index (χ0) is 19.8. The molecule has 0 bridgehead atoms. The molecule has 1 heterocycles. The Bertz CT molecular complexity index is 958. The Labute approximate surface area is 163 Å². The van der Waals surface area contributed by atoms with Crippen molar-refractivity contribution in [2.24, 2.45) is 0 Å². The lowest BCUT2D eigenvalue weighted by Gasteiger charge is -2.11. The van der Waals surface area contributed by atoms with Gasteiger partial charge in [0.15, 0.2) is 0 Å². The number of amides is 2. The number of nitrogens with one attached hydrogen (secondary N) is 2. The quantitative estimate of drug-likeness (QED) is 0.663. The summed E-state index contributed by atoms with van der Waals surface area (Å²) in [6, 6.07) is 18.0. The fraction of sp³-hybridized carbons (Fsp3) is 0.136. The number of methoxy groups -OCH3 is 1. The van der Waals surface area contributed by atoms with Crippen LogP contribution in [0.3, 0.4) is 0 Å². The van der Waals surface area contributed by atoms with Crippen molar-refractivity contribution in [3.8, 4) is 0 Å². The van der Waals surface area contributed by atoms with Crippen molar-refractivity contribution in [3.05, 3.63) is 95.3 Å². The van der Waals surface area contributed by atoms with Gasteiger partial charge >= 0.3 is 0 Å². The van der Waals surface area contributed by atoms with Crippen molar-refractivity contribution in [2.45, 2.75) is 13.2 Å². The van der Waals surface area contributed by atoms with E-state index in [9.17, 15) is 9.59 Å². The highest BCUT2D eigenvalue weighted by Gasteiger charge is 2.11. The number of carbonyl (C=O) groups is 2. The summed E-state index contributed by atoms with van der Waals surface area (Å²) in [5.74, 6) is -0.379. The largest absolute Gasteiger partial charge is 0.380 e. The second-order valence-electron chi connectivity index (χ2n) is 6.16. The smallest absolute Gasteiger partial charge is 0.255 e. The number of aromatic nitrogens is 1. The first-order valence-corrected chi connectivity index (χ1v) is 8.82. The normalized spacial score (nSPS) is 10.3. The van der Waals surface area contributed by atoms with Crippen LogP contribution in [0.5, 0.6) is 0 Å². The van der Waals surface area contributed by atoms with Gasteiger partial charge < -0.3 is 15.4 Å². The van der Waals surface area contributed by atoms with Gasteiger partial charge in [-0.1, -0.05) is 30.3 Å². The summed E-state index contributed by atoms with van der Waals surface area (Å²) in [6.45, 7) is 0.721. The van der Waals surface area contributed by atoms with Gasteiger partial charge in [0.25, 0.3) is 11.8 Å². The third kappa shape index (κ3) is 5.02. The van der Waals surface area contributed by atoms with Crippen molar-refractivity contribution in [1.29, 1.82) is 0 Å². The van der Waals surface area contributed by atoms with Crippen LogP contribution in [-0.4, -0.2) is 23.9 Å². The van der Waals surface area contributed by atoms with E-state index < -0.39 is 0 Å². The fourth-order valence-corrected chi connectivity index (χ4v) is 2.77. The van der Waals surface area contributed by atoms with E-state index in [1.807, 2.05) is 36.4 Å². The number of ether oxygens (including phenoxy) is 1. The molecule has 2 N–H and O–H groups in total. The molecule has 0 radical (unpaired) electrons. The fourth-order valence-electron chi connectivity index (χ4n) is 2.77. The molecule has 28 heavy (non-hydrogen) atoms. The average Bonchev–Trinajstić information content (AvgIpc) is 2.73. The standard InChI is InChI=1S/C22H21N3O3/c1-28-15-18-6-2-3-8-20(18)22(27)24-14-16-5-4-7-19(13-16)25-21(26)17-9-11-23-12-10-17/h2-13H,14-15H2,1H3,(H,24,27)(H,25,26). The topological polar surface area (TPSA) is 80.3 Å². The summed E-state index contributed by atoms with van der Waals surface area (Å²) >= 11 is 0. The first kappa shape index (κ1) is 19.3. The maximum atomic E-state index is 12.5. The van der Waals surface area contributed by atoms with E-state index in [0.29, 0.717) is 30.0 Å². The minimum Gasteiger partial charge on any atom is -0.380 e. The molecule has 2 amide bonds. The number of pyridine rings is 1. The second kappa shape index (κ2) is 9.43. The van der Waals surface area contributed by atoms with Gasteiger partial charge in [0, 0.05) is 42.9 Å². The predicted octanol–water partition coefficient (Wildman–Crippen LogP) is 3.41. The summed E-state index contributed by atoms with van der Waals surface area (Å²) in [5.41, 5.74) is 3.49. The molecule has 0 unspecified atom stereocenters. The summed E-state index contributed by atoms with van der Waals surface area (Å²) in [6.07, 6.45) is 3.14. The van der Waals surface area contributed by atoms with Gasteiger partial charge in [-0.05, 0) is 41.5 Å².